The average Bonchev–Trinajstić information content (AvgIpc) is 3.68. The predicted octanol–water partition coefficient (Wildman–Crippen LogP) is 12.5. The van der Waals surface area contributed by atoms with Crippen LogP contribution in [0.1, 0.15) is 0 Å². The van der Waals surface area contributed by atoms with E-state index in [1.807, 2.05) is 0 Å². The van der Waals surface area contributed by atoms with Gasteiger partial charge in [0.25, 0.3) is 0 Å². The fourth-order valence-corrected chi connectivity index (χ4v) is 7.41. The Balaban J connectivity index is 1.18. The molecule has 0 saturated carbocycles. The monoisotopic (exact) mass is 600 g/mol. The summed E-state index contributed by atoms with van der Waals surface area (Å²) in [6.07, 6.45) is 0. The summed E-state index contributed by atoms with van der Waals surface area (Å²) in [7, 11) is 0. The smallest absolute Gasteiger partial charge is 0.143 e. The van der Waals surface area contributed by atoms with Crippen LogP contribution in [0.15, 0.2) is 174 Å². The molecule has 0 amide bonds. The van der Waals surface area contributed by atoms with E-state index in [0.717, 1.165) is 50.1 Å². The van der Waals surface area contributed by atoms with E-state index in [4.69, 9.17) is 4.42 Å². The maximum atomic E-state index is 6.49. The van der Waals surface area contributed by atoms with Gasteiger partial charge in [-0.15, -0.1) is 0 Å². The number of anilines is 3. The maximum absolute atomic E-state index is 6.49. The molecule has 0 atom stereocenters. The number of hydrogen-bond acceptors (Lipinski definition) is 2. The first kappa shape index (κ1) is 26.0. The van der Waals surface area contributed by atoms with Crippen molar-refractivity contribution in [1.82, 2.24) is 4.57 Å². The second kappa shape index (κ2) is 10.1. The third-order valence-electron chi connectivity index (χ3n) is 9.56. The molecule has 2 heterocycles. The predicted molar refractivity (Wildman–Crippen MR) is 198 cm³/mol. The number of aromatic nitrogens is 1. The van der Waals surface area contributed by atoms with Gasteiger partial charge in [0, 0.05) is 49.4 Å². The fourth-order valence-electron chi connectivity index (χ4n) is 7.41. The summed E-state index contributed by atoms with van der Waals surface area (Å²) >= 11 is 0. The molecule has 3 nitrogen and oxygen atoms in total. The maximum Gasteiger partial charge on any atom is 0.143 e. The molecule has 220 valence electrons. The Kier molecular flexibility index (Phi) is 5.57. The van der Waals surface area contributed by atoms with Gasteiger partial charge in [-0.1, -0.05) is 103 Å². The van der Waals surface area contributed by atoms with Crippen LogP contribution in [0.5, 0.6) is 0 Å². The van der Waals surface area contributed by atoms with E-state index in [9.17, 15) is 0 Å². The normalized spacial score (nSPS) is 11.8. The van der Waals surface area contributed by atoms with Gasteiger partial charge in [0.2, 0.25) is 0 Å². The highest BCUT2D eigenvalue weighted by Crippen LogP contribution is 2.43. The largest absolute Gasteiger partial charge is 0.455 e. The topological polar surface area (TPSA) is 21.3 Å². The van der Waals surface area contributed by atoms with Gasteiger partial charge >= 0.3 is 0 Å². The van der Waals surface area contributed by atoms with Crippen molar-refractivity contribution >= 4 is 82.4 Å². The number of rotatable bonds is 4. The van der Waals surface area contributed by atoms with E-state index >= 15 is 0 Å². The quantitative estimate of drug-likeness (QED) is 0.200. The van der Waals surface area contributed by atoms with Crippen molar-refractivity contribution in [2.24, 2.45) is 0 Å². The lowest BCUT2D eigenvalue weighted by atomic mass is 10.0. The molecular formula is C44H28N2O. The molecule has 3 heteroatoms. The van der Waals surface area contributed by atoms with Crippen molar-refractivity contribution in [3.63, 3.8) is 0 Å². The lowest BCUT2D eigenvalue weighted by molar-refractivity contribution is 0.672. The van der Waals surface area contributed by atoms with Crippen molar-refractivity contribution in [3.05, 3.63) is 170 Å². The zero-order valence-corrected chi connectivity index (χ0v) is 25.5. The standard InChI is InChI=1S/C44H28N2O/c1-3-13-34-29(10-1)12-9-19-40(34)45(33-25-27-43-39(28-33)38-26-20-30-11-2-4-14-35(30)44(38)47-43)31-21-23-32(24-22-31)46-41-17-7-5-15-36(41)37-16-6-8-18-42(37)46/h1-28H. The second-order valence-electron chi connectivity index (χ2n) is 12.2. The van der Waals surface area contributed by atoms with Gasteiger partial charge in [0.15, 0.2) is 0 Å². The third kappa shape index (κ3) is 3.93. The Bertz CT molecular complexity index is 2740. The first-order chi connectivity index (χ1) is 23.3. The van der Waals surface area contributed by atoms with Gasteiger partial charge in [-0.05, 0) is 77.5 Å². The summed E-state index contributed by atoms with van der Waals surface area (Å²) in [4.78, 5) is 2.37. The van der Waals surface area contributed by atoms with Crippen molar-refractivity contribution in [2.45, 2.75) is 0 Å². The Morgan fingerprint density at radius 3 is 1.74 bits per heavy atom. The molecule has 0 radical (unpaired) electrons. The molecule has 10 rings (SSSR count). The average molecular weight is 601 g/mol. The van der Waals surface area contributed by atoms with E-state index in [1.165, 1.54) is 38.0 Å². The summed E-state index contributed by atoms with van der Waals surface area (Å²) < 4.78 is 8.85. The molecule has 0 aliphatic rings. The van der Waals surface area contributed by atoms with Crippen LogP contribution in [0.25, 0.3) is 71.0 Å². The second-order valence-corrected chi connectivity index (χ2v) is 12.2. The van der Waals surface area contributed by atoms with Crippen molar-refractivity contribution in [1.29, 1.82) is 0 Å². The number of hydrogen-bond donors (Lipinski definition) is 0. The number of furan rings is 1. The van der Waals surface area contributed by atoms with Crippen LogP contribution in [0.4, 0.5) is 17.1 Å². The van der Waals surface area contributed by atoms with Crippen LogP contribution in [0.3, 0.4) is 0 Å². The molecule has 0 fully saturated rings. The first-order valence-corrected chi connectivity index (χ1v) is 16.0. The molecule has 2 aromatic heterocycles. The Morgan fingerprint density at radius 1 is 0.404 bits per heavy atom. The van der Waals surface area contributed by atoms with Crippen LogP contribution >= 0.6 is 0 Å². The minimum atomic E-state index is 0.889. The third-order valence-corrected chi connectivity index (χ3v) is 9.56. The number of nitrogens with zero attached hydrogens (tertiary/aromatic N) is 2. The van der Waals surface area contributed by atoms with Crippen LogP contribution in [0.2, 0.25) is 0 Å². The Hall–Kier alpha value is -6.32. The van der Waals surface area contributed by atoms with Crippen LogP contribution < -0.4 is 4.90 Å². The molecule has 0 N–H and O–H groups in total. The lowest BCUT2D eigenvalue weighted by Gasteiger charge is -2.27. The van der Waals surface area contributed by atoms with Crippen molar-refractivity contribution < 1.29 is 4.42 Å². The molecular weight excluding hydrogens is 572 g/mol. The Labute approximate surface area is 271 Å². The van der Waals surface area contributed by atoms with E-state index in [0.29, 0.717) is 0 Å². The van der Waals surface area contributed by atoms with E-state index in [2.05, 4.69) is 179 Å². The summed E-state index contributed by atoms with van der Waals surface area (Å²) in [6, 6.07) is 60.8. The van der Waals surface area contributed by atoms with Gasteiger partial charge < -0.3 is 13.9 Å². The summed E-state index contributed by atoms with van der Waals surface area (Å²) in [5.41, 5.74) is 8.66. The summed E-state index contributed by atoms with van der Waals surface area (Å²) in [5.74, 6) is 0. The van der Waals surface area contributed by atoms with Crippen molar-refractivity contribution in [3.8, 4) is 5.69 Å². The molecule has 0 bridgehead atoms. The molecule has 10 aromatic rings. The van der Waals surface area contributed by atoms with Gasteiger partial charge in [-0.25, -0.2) is 0 Å². The van der Waals surface area contributed by atoms with E-state index in [-0.39, 0.29) is 0 Å². The molecule has 0 spiro atoms. The van der Waals surface area contributed by atoms with E-state index < -0.39 is 0 Å². The van der Waals surface area contributed by atoms with Crippen LogP contribution in [-0.4, -0.2) is 4.57 Å². The zero-order valence-electron chi connectivity index (χ0n) is 25.5. The summed E-state index contributed by atoms with van der Waals surface area (Å²) in [5, 5.41) is 9.48. The molecule has 47 heavy (non-hydrogen) atoms. The highest BCUT2D eigenvalue weighted by atomic mass is 16.3. The minimum absolute atomic E-state index is 0.889. The number of benzene rings is 8. The van der Waals surface area contributed by atoms with Gasteiger partial charge in [-0.2, -0.15) is 0 Å². The molecule has 8 aromatic carbocycles. The molecule has 0 aliphatic carbocycles. The van der Waals surface area contributed by atoms with Crippen LogP contribution in [-0.2, 0) is 0 Å². The highest BCUT2D eigenvalue weighted by molar-refractivity contribution is 6.16. The molecule has 0 aliphatic heterocycles. The van der Waals surface area contributed by atoms with Gasteiger partial charge in [0.1, 0.15) is 11.2 Å². The molecule has 0 saturated heterocycles. The van der Waals surface area contributed by atoms with E-state index in [1.54, 1.807) is 0 Å². The number of fused-ring (bicyclic) bond motifs is 9. The summed E-state index contributed by atoms with van der Waals surface area (Å²) in [6.45, 7) is 0. The fraction of sp³-hybridized carbons (Fsp3) is 0. The lowest BCUT2D eigenvalue weighted by Crippen LogP contribution is -2.10. The van der Waals surface area contributed by atoms with Gasteiger partial charge in [0.05, 0.1) is 16.7 Å². The minimum Gasteiger partial charge on any atom is -0.455 e. The van der Waals surface area contributed by atoms with Crippen LogP contribution in [0, 0.1) is 0 Å². The zero-order chi connectivity index (χ0) is 30.9. The first-order valence-electron chi connectivity index (χ1n) is 16.0. The van der Waals surface area contributed by atoms with Crippen molar-refractivity contribution in [2.75, 3.05) is 4.90 Å². The molecule has 0 unspecified atom stereocenters. The van der Waals surface area contributed by atoms with Gasteiger partial charge in [-0.3, -0.25) is 0 Å². The number of para-hydroxylation sites is 2. The Morgan fingerprint density at radius 2 is 1.00 bits per heavy atom. The highest BCUT2D eigenvalue weighted by Gasteiger charge is 2.19. The SMILES string of the molecule is c1ccc2c(N(c3ccc(-n4c5ccccc5c5ccccc54)cc3)c3ccc4oc5c6ccccc6ccc5c4c3)cccc2c1.